The summed E-state index contributed by atoms with van der Waals surface area (Å²) in [6, 6.07) is 6.82. The normalized spacial score (nSPS) is 13.9. The van der Waals surface area contributed by atoms with Crippen LogP contribution in [0.15, 0.2) is 40.0 Å². The number of nitrogens with one attached hydrogen (secondary N) is 1. The number of carbonyl (C=O) groups is 1. The topological polar surface area (TPSA) is 111 Å². The third-order valence-corrected chi connectivity index (χ3v) is 5.10. The van der Waals surface area contributed by atoms with E-state index in [0.717, 1.165) is 30.4 Å². The summed E-state index contributed by atoms with van der Waals surface area (Å²) in [6.07, 6.45) is 5.74. The Morgan fingerprint density at radius 3 is 2.48 bits per heavy atom. The molecule has 0 aliphatic heterocycles. The highest BCUT2D eigenvalue weighted by molar-refractivity contribution is 7.90. The quantitative estimate of drug-likeness (QED) is 0.586. The number of amides is 1. The first-order valence-electron chi connectivity index (χ1n) is 9.49. The summed E-state index contributed by atoms with van der Waals surface area (Å²) in [7, 11) is -3.61. The maximum atomic E-state index is 12.4. The van der Waals surface area contributed by atoms with E-state index in [1.807, 2.05) is 45.0 Å². The number of hydrogen-bond donors (Lipinski definition) is 1. The van der Waals surface area contributed by atoms with E-state index < -0.39 is 21.1 Å². The minimum atomic E-state index is -3.61. The Bertz CT molecular complexity index is 935. The van der Waals surface area contributed by atoms with Crippen LogP contribution in [0.4, 0.5) is 0 Å². The molecule has 1 N–H and O–H groups in total. The van der Waals surface area contributed by atoms with E-state index in [2.05, 4.69) is 15.5 Å². The largest absolute Gasteiger partial charge is 0.494 e. The number of rotatable bonds is 10. The molecule has 0 fully saturated rings. The van der Waals surface area contributed by atoms with Gasteiger partial charge in [-0.15, -0.1) is 5.10 Å². The lowest BCUT2D eigenvalue weighted by Gasteiger charge is -2.20. The highest BCUT2D eigenvalue weighted by Crippen LogP contribution is 2.24. The van der Waals surface area contributed by atoms with Gasteiger partial charge in [-0.2, -0.15) is 0 Å². The molecule has 0 saturated heterocycles. The van der Waals surface area contributed by atoms with Gasteiger partial charge in [0.1, 0.15) is 11.8 Å². The van der Waals surface area contributed by atoms with Crippen molar-refractivity contribution in [2.45, 2.75) is 44.9 Å². The molecule has 1 amide bonds. The number of aromatic nitrogens is 2. The Balaban J connectivity index is 2.08. The van der Waals surface area contributed by atoms with Gasteiger partial charge in [0, 0.05) is 12.3 Å². The molecule has 158 valence electrons. The molecule has 1 aromatic carbocycles. The molecule has 2 atom stereocenters. The van der Waals surface area contributed by atoms with Gasteiger partial charge in [0.2, 0.25) is 21.6 Å². The molecule has 0 aliphatic rings. The van der Waals surface area contributed by atoms with Crippen LogP contribution in [0.3, 0.4) is 0 Å². The van der Waals surface area contributed by atoms with Gasteiger partial charge in [-0.1, -0.05) is 44.4 Å². The van der Waals surface area contributed by atoms with Gasteiger partial charge in [-0.05, 0) is 36.1 Å². The van der Waals surface area contributed by atoms with Crippen LogP contribution in [-0.4, -0.2) is 37.4 Å². The third-order valence-electron chi connectivity index (χ3n) is 4.30. The van der Waals surface area contributed by atoms with E-state index in [0.29, 0.717) is 6.61 Å². The van der Waals surface area contributed by atoms with Gasteiger partial charge in [0.25, 0.3) is 0 Å². The van der Waals surface area contributed by atoms with Crippen molar-refractivity contribution < 1.29 is 22.4 Å². The molecule has 0 saturated carbocycles. The maximum absolute atomic E-state index is 12.4. The highest BCUT2D eigenvalue weighted by Gasteiger charge is 2.27. The van der Waals surface area contributed by atoms with Crippen LogP contribution in [-0.2, 0) is 14.6 Å². The van der Waals surface area contributed by atoms with Crippen LogP contribution in [0.5, 0.6) is 5.75 Å². The lowest BCUT2D eigenvalue weighted by atomic mass is 9.99. The zero-order valence-electron chi connectivity index (χ0n) is 17.1. The molecule has 0 radical (unpaired) electrons. The van der Waals surface area contributed by atoms with Crippen LogP contribution in [0, 0.1) is 5.92 Å². The van der Waals surface area contributed by atoms with Gasteiger partial charge in [-0.25, -0.2) is 8.42 Å². The first-order valence-corrected chi connectivity index (χ1v) is 11.4. The third kappa shape index (κ3) is 6.70. The zero-order valence-corrected chi connectivity index (χ0v) is 17.9. The molecule has 2 aromatic rings. The van der Waals surface area contributed by atoms with Crippen LogP contribution in [0.1, 0.15) is 51.1 Å². The Morgan fingerprint density at radius 2 is 1.93 bits per heavy atom. The monoisotopic (exact) mass is 421 g/mol. The first-order chi connectivity index (χ1) is 13.7. The molecular weight excluding hydrogens is 394 g/mol. The number of sulfone groups is 1. The lowest BCUT2D eigenvalue weighted by molar-refractivity contribution is -0.117. The second kappa shape index (κ2) is 10.2. The summed E-state index contributed by atoms with van der Waals surface area (Å²) < 4.78 is 33.9. The van der Waals surface area contributed by atoms with Crippen molar-refractivity contribution in [1.82, 2.24) is 15.5 Å². The lowest BCUT2D eigenvalue weighted by Crippen LogP contribution is -2.31. The van der Waals surface area contributed by atoms with E-state index in [-0.39, 0.29) is 17.7 Å². The van der Waals surface area contributed by atoms with Gasteiger partial charge in [0.15, 0.2) is 0 Å². The Hall–Kier alpha value is -2.68. The number of carbonyl (C=O) groups excluding carboxylic acids is 1. The summed E-state index contributed by atoms with van der Waals surface area (Å²) in [4.78, 5) is 12.4. The summed E-state index contributed by atoms with van der Waals surface area (Å²) in [5.41, 5.74) is 0.848. The van der Waals surface area contributed by atoms with E-state index in [4.69, 9.17) is 9.15 Å². The Kier molecular flexibility index (Phi) is 7.95. The van der Waals surface area contributed by atoms with Gasteiger partial charge < -0.3 is 14.5 Å². The highest BCUT2D eigenvalue weighted by atomic mass is 32.2. The van der Waals surface area contributed by atoms with E-state index in [1.54, 1.807) is 6.08 Å². The fourth-order valence-electron chi connectivity index (χ4n) is 2.45. The minimum absolute atomic E-state index is 0.0322. The minimum Gasteiger partial charge on any atom is -0.494 e. The molecule has 0 spiro atoms. The SMILES string of the molecule is CCCOc1ccc(/C=C/C(=O)N[C@H](c2nnc(S(C)(=O)=O)o2)[C@H](C)CC)cc1. The summed E-state index contributed by atoms with van der Waals surface area (Å²) in [5.74, 6) is 0.471. The average molecular weight is 422 g/mol. The van der Waals surface area contributed by atoms with Crippen molar-refractivity contribution in [2.75, 3.05) is 12.9 Å². The van der Waals surface area contributed by atoms with E-state index in [1.165, 1.54) is 6.08 Å². The number of nitrogens with zero attached hydrogens (tertiary/aromatic N) is 2. The fourth-order valence-corrected chi connectivity index (χ4v) is 2.87. The van der Waals surface area contributed by atoms with Crippen molar-refractivity contribution in [3.63, 3.8) is 0 Å². The van der Waals surface area contributed by atoms with E-state index in [9.17, 15) is 13.2 Å². The van der Waals surface area contributed by atoms with Crippen LogP contribution < -0.4 is 10.1 Å². The Labute approximate surface area is 171 Å². The molecule has 8 nitrogen and oxygen atoms in total. The maximum Gasteiger partial charge on any atom is 0.335 e. The predicted molar refractivity (Wildman–Crippen MR) is 109 cm³/mol. The summed E-state index contributed by atoms with van der Waals surface area (Å²) in [5, 5.41) is 9.73. The van der Waals surface area contributed by atoms with Crippen molar-refractivity contribution in [3.8, 4) is 5.75 Å². The predicted octanol–water partition coefficient (Wildman–Crippen LogP) is 3.18. The van der Waals surface area contributed by atoms with Crippen molar-refractivity contribution in [3.05, 3.63) is 41.8 Å². The summed E-state index contributed by atoms with van der Waals surface area (Å²) >= 11 is 0. The molecule has 1 aromatic heterocycles. The van der Waals surface area contributed by atoms with Crippen molar-refractivity contribution >= 4 is 21.8 Å². The first kappa shape index (κ1) is 22.6. The molecule has 9 heteroatoms. The fraction of sp³-hybridized carbons (Fsp3) is 0.450. The standard InChI is InChI=1S/C20H27N3O5S/c1-5-13-27-16-10-7-15(8-11-16)9-12-17(24)21-18(14(3)6-2)19-22-23-20(28-19)29(4,25)26/h7-12,14,18H,5-6,13H2,1-4H3,(H,21,24)/b12-9+/t14-,18+/m1/s1. The van der Waals surface area contributed by atoms with Gasteiger partial charge in [-0.3, -0.25) is 4.79 Å². The van der Waals surface area contributed by atoms with Crippen LogP contribution >= 0.6 is 0 Å². The Morgan fingerprint density at radius 1 is 1.24 bits per heavy atom. The van der Waals surface area contributed by atoms with Gasteiger partial charge in [0.05, 0.1) is 6.61 Å². The molecule has 0 aliphatic carbocycles. The van der Waals surface area contributed by atoms with Crippen molar-refractivity contribution in [1.29, 1.82) is 0 Å². The molecular formula is C20H27N3O5S. The molecule has 1 heterocycles. The average Bonchev–Trinajstić information content (AvgIpc) is 3.19. The molecule has 0 unspecified atom stereocenters. The smallest absolute Gasteiger partial charge is 0.335 e. The summed E-state index contributed by atoms with van der Waals surface area (Å²) in [6.45, 7) is 6.56. The van der Waals surface area contributed by atoms with Crippen LogP contribution in [0.25, 0.3) is 6.08 Å². The number of ether oxygens (including phenoxy) is 1. The van der Waals surface area contributed by atoms with Crippen LogP contribution in [0.2, 0.25) is 0 Å². The van der Waals surface area contributed by atoms with E-state index >= 15 is 0 Å². The molecule has 0 bridgehead atoms. The second-order valence-electron chi connectivity index (χ2n) is 6.80. The number of benzene rings is 1. The number of hydrogen-bond acceptors (Lipinski definition) is 7. The molecule has 2 rings (SSSR count). The van der Waals surface area contributed by atoms with Gasteiger partial charge >= 0.3 is 5.22 Å². The second-order valence-corrected chi connectivity index (χ2v) is 8.69. The van der Waals surface area contributed by atoms with Crippen molar-refractivity contribution in [2.24, 2.45) is 5.92 Å². The molecule has 29 heavy (non-hydrogen) atoms. The zero-order chi connectivity index (χ0) is 21.4.